The van der Waals surface area contributed by atoms with Gasteiger partial charge in [0.15, 0.2) is 5.82 Å². The van der Waals surface area contributed by atoms with Crippen LogP contribution in [-0.2, 0) is 0 Å². The highest BCUT2D eigenvalue weighted by Gasteiger charge is 2.22. The molecule has 1 aliphatic rings. The molecule has 1 aliphatic carbocycles. The zero-order valence-electron chi connectivity index (χ0n) is 8.55. The maximum atomic E-state index is 10.6. The molecule has 1 saturated carbocycles. The SMILES string of the molecule is NNc1cc([N+](=O)[O-])cc(OCC2CC2)n1. The molecule has 1 aromatic rings. The summed E-state index contributed by atoms with van der Waals surface area (Å²) in [5.74, 6) is 6.18. The molecule has 3 N–H and O–H groups in total. The van der Waals surface area contributed by atoms with Crippen LogP contribution >= 0.6 is 0 Å². The number of nitrogen functional groups attached to an aromatic ring is 1. The second-order valence-electron chi connectivity index (χ2n) is 3.70. The van der Waals surface area contributed by atoms with Crippen LogP contribution < -0.4 is 16.0 Å². The molecule has 0 radical (unpaired) electrons. The first kappa shape index (κ1) is 10.6. The molecule has 1 aromatic heterocycles. The molecule has 1 heterocycles. The minimum atomic E-state index is -0.507. The average molecular weight is 224 g/mol. The third kappa shape index (κ3) is 2.57. The van der Waals surface area contributed by atoms with Crippen molar-refractivity contribution in [1.82, 2.24) is 4.98 Å². The Morgan fingerprint density at radius 2 is 2.38 bits per heavy atom. The molecular weight excluding hydrogens is 212 g/mol. The fourth-order valence-electron chi connectivity index (χ4n) is 1.23. The van der Waals surface area contributed by atoms with Gasteiger partial charge in [0.25, 0.3) is 5.69 Å². The number of nitrogens with one attached hydrogen (secondary N) is 1. The number of hydrazine groups is 1. The van der Waals surface area contributed by atoms with E-state index in [4.69, 9.17) is 10.6 Å². The number of ether oxygens (including phenoxy) is 1. The maximum Gasteiger partial charge on any atom is 0.278 e. The van der Waals surface area contributed by atoms with E-state index in [0.717, 1.165) is 12.8 Å². The van der Waals surface area contributed by atoms with Crippen molar-refractivity contribution in [3.63, 3.8) is 0 Å². The Morgan fingerprint density at radius 1 is 1.62 bits per heavy atom. The van der Waals surface area contributed by atoms with Gasteiger partial charge in [-0.2, -0.15) is 4.98 Å². The molecule has 16 heavy (non-hydrogen) atoms. The number of hydrogen-bond donors (Lipinski definition) is 2. The van der Waals surface area contributed by atoms with Gasteiger partial charge in [-0.3, -0.25) is 10.1 Å². The highest BCUT2D eigenvalue weighted by molar-refractivity contribution is 5.47. The van der Waals surface area contributed by atoms with Crippen molar-refractivity contribution in [2.75, 3.05) is 12.0 Å². The third-order valence-corrected chi connectivity index (χ3v) is 2.31. The molecule has 2 rings (SSSR count). The Balaban J connectivity index is 2.14. The fraction of sp³-hybridized carbons (Fsp3) is 0.444. The zero-order chi connectivity index (χ0) is 11.5. The van der Waals surface area contributed by atoms with Gasteiger partial charge in [0.2, 0.25) is 5.88 Å². The third-order valence-electron chi connectivity index (χ3n) is 2.31. The van der Waals surface area contributed by atoms with Crippen LogP contribution in [0.15, 0.2) is 12.1 Å². The number of aromatic nitrogens is 1. The van der Waals surface area contributed by atoms with Crippen molar-refractivity contribution in [2.45, 2.75) is 12.8 Å². The van der Waals surface area contributed by atoms with Crippen molar-refractivity contribution < 1.29 is 9.66 Å². The maximum absolute atomic E-state index is 10.6. The van der Waals surface area contributed by atoms with E-state index in [1.807, 2.05) is 0 Å². The fourth-order valence-corrected chi connectivity index (χ4v) is 1.23. The van der Waals surface area contributed by atoms with Gasteiger partial charge in [0, 0.05) is 0 Å². The van der Waals surface area contributed by atoms with Gasteiger partial charge in [-0.05, 0) is 18.8 Å². The van der Waals surface area contributed by atoms with E-state index in [9.17, 15) is 10.1 Å². The summed E-state index contributed by atoms with van der Waals surface area (Å²) in [4.78, 5) is 14.1. The number of anilines is 1. The first-order chi connectivity index (χ1) is 7.69. The summed E-state index contributed by atoms with van der Waals surface area (Å²) in [6.07, 6.45) is 2.30. The molecule has 1 fully saturated rings. The minimum Gasteiger partial charge on any atom is -0.477 e. The Labute approximate surface area is 91.7 Å². The van der Waals surface area contributed by atoms with E-state index in [1.165, 1.54) is 12.1 Å². The molecule has 0 aromatic carbocycles. The topological polar surface area (TPSA) is 103 Å². The van der Waals surface area contributed by atoms with Crippen LogP contribution in [0.3, 0.4) is 0 Å². The molecular formula is C9H12N4O3. The summed E-state index contributed by atoms with van der Waals surface area (Å²) in [6, 6.07) is 2.55. The highest BCUT2D eigenvalue weighted by atomic mass is 16.6. The molecule has 86 valence electrons. The van der Waals surface area contributed by atoms with Crippen molar-refractivity contribution in [2.24, 2.45) is 11.8 Å². The van der Waals surface area contributed by atoms with Gasteiger partial charge >= 0.3 is 0 Å². The number of pyridine rings is 1. The van der Waals surface area contributed by atoms with Crippen LogP contribution in [0.1, 0.15) is 12.8 Å². The lowest BCUT2D eigenvalue weighted by atomic mass is 10.4. The predicted molar refractivity (Wildman–Crippen MR) is 56.9 cm³/mol. The van der Waals surface area contributed by atoms with Gasteiger partial charge in [0.1, 0.15) is 0 Å². The minimum absolute atomic E-state index is 0.0891. The summed E-state index contributed by atoms with van der Waals surface area (Å²) in [7, 11) is 0. The van der Waals surface area contributed by atoms with E-state index >= 15 is 0 Å². The Bertz CT molecular complexity index is 406. The van der Waals surface area contributed by atoms with Crippen LogP contribution in [0.5, 0.6) is 5.88 Å². The second-order valence-corrected chi connectivity index (χ2v) is 3.70. The molecule has 0 bridgehead atoms. The van der Waals surface area contributed by atoms with Gasteiger partial charge in [-0.1, -0.05) is 0 Å². The number of nitro groups is 1. The summed E-state index contributed by atoms with van der Waals surface area (Å²) in [6.45, 7) is 0.554. The molecule has 0 unspecified atom stereocenters. The Hall–Kier alpha value is -1.89. The standard InChI is InChI=1S/C9H12N4O3/c10-12-8-3-7(13(14)15)4-9(11-8)16-5-6-1-2-6/h3-4,6H,1-2,5,10H2,(H,11,12). The predicted octanol–water partition coefficient (Wildman–Crippen LogP) is 1.06. The van der Waals surface area contributed by atoms with Crippen molar-refractivity contribution in [3.05, 3.63) is 22.2 Å². The summed E-state index contributed by atoms with van der Waals surface area (Å²) in [5.41, 5.74) is 2.18. The Morgan fingerprint density at radius 3 is 2.94 bits per heavy atom. The van der Waals surface area contributed by atoms with Crippen molar-refractivity contribution in [1.29, 1.82) is 0 Å². The van der Waals surface area contributed by atoms with Gasteiger partial charge < -0.3 is 10.2 Å². The molecule has 0 amide bonds. The molecule has 0 aliphatic heterocycles. The lowest BCUT2D eigenvalue weighted by Crippen LogP contribution is -2.10. The average Bonchev–Trinajstić information content (AvgIpc) is 3.09. The number of nitrogens with zero attached hydrogens (tertiary/aromatic N) is 2. The lowest BCUT2D eigenvalue weighted by molar-refractivity contribution is -0.384. The van der Waals surface area contributed by atoms with E-state index in [-0.39, 0.29) is 17.4 Å². The summed E-state index contributed by atoms with van der Waals surface area (Å²) < 4.78 is 5.35. The first-order valence-corrected chi connectivity index (χ1v) is 4.95. The second kappa shape index (κ2) is 4.31. The summed E-state index contributed by atoms with van der Waals surface area (Å²) in [5, 5.41) is 10.6. The monoisotopic (exact) mass is 224 g/mol. The zero-order valence-corrected chi connectivity index (χ0v) is 8.55. The van der Waals surface area contributed by atoms with Gasteiger partial charge in [-0.15, -0.1) is 0 Å². The quantitative estimate of drug-likeness (QED) is 0.440. The van der Waals surface area contributed by atoms with Crippen LogP contribution in [0.25, 0.3) is 0 Å². The van der Waals surface area contributed by atoms with Crippen LogP contribution in [0.2, 0.25) is 0 Å². The molecule has 0 saturated heterocycles. The van der Waals surface area contributed by atoms with E-state index in [0.29, 0.717) is 12.5 Å². The van der Waals surface area contributed by atoms with Gasteiger partial charge in [-0.25, -0.2) is 5.84 Å². The van der Waals surface area contributed by atoms with E-state index in [1.54, 1.807) is 0 Å². The van der Waals surface area contributed by atoms with Crippen molar-refractivity contribution >= 4 is 11.5 Å². The van der Waals surface area contributed by atoms with Crippen LogP contribution in [0, 0.1) is 16.0 Å². The molecule has 0 spiro atoms. The molecule has 7 heteroatoms. The first-order valence-electron chi connectivity index (χ1n) is 4.95. The highest BCUT2D eigenvalue weighted by Crippen LogP contribution is 2.30. The lowest BCUT2D eigenvalue weighted by Gasteiger charge is -2.06. The van der Waals surface area contributed by atoms with Crippen LogP contribution in [-0.4, -0.2) is 16.5 Å². The smallest absolute Gasteiger partial charge is 0.278 e. The van der Waals surface area contributed by atoms with E-state index < -0.39 is 4.92 Å². The number of rotatable bonds is 5. The summed E-state index contributed by atoms with van der Waals surface area (Å²) >= 11 is 0. The number of hydrogen-bond acceptors (Lipinski definition) is 6. The largest absolute Gasteiger partial charge is 0.477 e. The Kier molecular flexibility index (Phi) is 2.86. The van der Waals surface area contributed by atoms with Crippen molar-refractivity contribution in [3.8, 4) is 5.88 Å². The normalized spacial score (nSPS) is 14.6. The van der Waals surface area contributed by atoms with Gasteiger partial charge in [0.05, 0.1) is 23.7 Å². The van der Waals surface area contributed by atoms with Crippen LogP contribution in [0.4, 0.5) is 11.5 Å². The molecule has 0 atom stereocenters. The number of nitrogens with two attached hydrogens (primary N) is 1. The van der Waals surface area contributed by atoms with E-state index in [2.05, 4.69) is 10.4 Å². The molecule has 7 nitrogen and oxygen atoms in total.